The van der Waals surface area contributed by atoms with Crippen molar-refractivity contribution in [2.75, 3.05) is 45.9 Å². The van der Waals surface area contributed by atoms with Gasteiger partial charge in [-0.15, -0.1) is 0 Å². The molecule has 170 valence electrons. The zero-order valence-electron chi connectivity index (χ0n) is 19.3. The van der Waals surface area contributed by atoms with Crippen molar-refractivity contribution in [1.82, 2.24) is 9.80 Å². The lowest BCUT2D eigenvalue weighted by Crippen LogP contribution is -2.47. The normalized spacial score (nSPS) is 23.6. The summed E-state index contributed by atoms with van der Waals surface area (Å²) in [6.07, 6.45) is 6.25. The Morgan fingerprint density at radius 2 is 1.70 bits per heavy atom. The van der Waals surface area contributed by atoms with E-state index in [0.29, 0.717) is 6.61 Å². The molecule has 0 bridgehead atoms. The molecule has 2 fully saturated rings. The maximum absolute atomic E-state index is 11.8. The maximum atomic E-state index is 11.8. The Hall–Kier alpha value is -2.94. The van der Waals surface area contributed by atoms with Crippen LogP contribution in [0.5, 0.6) is 0 Å². The van der Waals surface area contributed by atoms with Crippen LogP contribution in [0.15, 0.2) is 59.7 Å². The first kappa shape index (κ1) is 21.9. The summed E-state index contributed by atoms with van der Waals surface area (Å²) in [5.74, 6) is 0.109. The Labute approximate surface area is 195 Å². The zero-order valence-corrected chi connectivity index (χ0v) is 19.3. The number of nitriles is 1. The topological polar surface area (TPSA) is 56.6 Å². The number of esters is 1. The van der Waals surface area contributed by atoms with Gasteiger partial charge in [0.25, 0.3) is 0 Å². The molecular formula is C28H31N3O2. The van der Waals surface area contributed by atoms with Crippen LogP contribution in [0.4, 0.5) is 0 Å². The molecule has 0 saturated carbocycles. The van der Waals surface area contributed by atoms with Crippen LogP contribution < -0.4 is 0 Å². The van der Waals surface area contributed by atoms with Gasteiger partial charge >= 0.3 is 5.97 Å². The van der Waals surface area contributed by atoms with Gasteiger partial charge < -0.3 is 14.5 Å². The Morgan fingerprint density at radius 3 is 2.42 bits per heavy atom. The third kappa shape index (κ3) is 4.46. The number of hydrogen-bond donors (Lipinski definition) is 0. The Balaban J connectivity index is 1.12. The molecule has 2 unspecified atom stereocenters. The molecule has 0 amide bonds. The molecule has 5 heteroatoms. The summed E-state index contributed by atoms with van der Waals surface area (Å²) in [5, 5.41) is 11.7. The van der Waals surface area contributed by atoms with Crippen LogP contribution in [0.25, 0.3) is 10.8 Å². The average molecular weight is 442 g/mol. The van der Waals surface area contributed by atoms with Crippen LogP contribution >= 0.6 is 0 Å². The maximum Gasteiger partial charge on any atom is 0.313 e. The van der Waals surface area contributed by atoms with E-state index in [1.54, 1.807) is 0 Å². The van der Waals surface area contributed by atoms with Crippen LogP contribution in [0.3, 0.4) is 0 Å². The fourth-order valence-electron chi connectivity index (χ4n) is 5.48. The van der Waals surface area contributed by atoms with Crippen LogP contribution in [0.2, 0.25) is 0 Å². The van der Waals surface area contributed by atoms with Gasteiger partial charge in [0.15, 0.2) is 0 Å². The van der Waals surface area contributed by atoms with Crippen molar-refractivity contribution in [2.24, 2.45) is 11.8 Å². The van der Waals surface area contributed by atoms with Gasteiger partial charge in [-0.1, -0.05) is 48.1 Å². The lowest BCUT2D eigenvalue weighted by molar-refractivity contribution is -0.140. The molecule has 0 radical (unpaired) electrons. The number of hydrogen-bond acceptors (Lipinski definition) is 5. The minimum Gasteiger partial charge on any atom is -0.465 e. The smallest absolute Gasteiger partial charge is 0.313 e. The molecule has 0 aromatic heterocycles. The number of rotatable bonds is 6. The third-order valence-corrected chi connectivity index (χ3v) is 7.67. The highest BCUT2D eigenvalue weighted by molar-refractivity contribution is 5.90. The van der Waals surface area contributed by atoms with E-state index in [4.69, 9.17) is 4.74 Å². The third-order valence-electron chi connectivity index (χ3n) is 7.67. The molecule has 2 aromatic carbocycles. The fraction of sp³-hybridized carbons (Fsp3) is 0.429. The number of fused-ring (bicyclic) bond motifs is 2. The van der Waals surface area contributed by atoms with Gasteiger partial charge in [0.05, 0.1) is 24.2 Å². The van der Waals surface area contributed by atoms with Crippen molar-refractivity contribution in [1.29, 1.82) is 5.26 Å². The van der Waals surface area contributed by atoms with E-state index in [1.807, 2.05) is 24.3 Å². The van der Waals surface area contributed by atoms with Crippen molar-refractivity contribution in [2.45, 2.75) is 19.8 Å². The monoisotopic (exact) mass is 441 g/mol. The fourth-order valence-corrected chi connectivity index (χ4v) is 5.48. The first-order valence-electron chi connectivity index (χ1n) is 12.0. The summed E-state index contributed by atoms with van der Waals surface area (Å²) in [6.45, 7) is 9.20. The summed E-state index contributed by atoms with van der Waals surface area (Å²) < 4.78 is 5.26. The SMILES string of the molecule is CC1=C(CCN2CCN(CCc3ccc(C#N)c4ccccc34)CC2)C=CC2C(=O)OCC12. The zero-order chi connectivity index (χ0) is 22.8. The Morgan fingerprint density at radius 1 is 1.00 bits per heavy atom. The van der Waals surface area contributed by atoms with E-state index in [0.717, 1.165) is 63.1 Å². The molecule has 0 N–H and O–H groups in total. The van der Waals surface area contributed by atoms with Gasteiger partial charge in [0, 0.05) is 45.2 Å². The number of cyclic esters (lactones) is 1. The van der Waals surface area contributed by atoms with Crippen LogP contribution in [0.1, 0.15) is 24.5 Å². The highest BCUT2D eigenvalue weighted by Crippen LogP contribution is 2.36. The highest BCUT2D eigenvalue weighted by Gasteiger charge is 2.38. The van der Waals surface area contributed by atoms with Gasteiger partial charge in [-0.25, -0.2) is 0 Å². The summed E-state index contributed by atoms with van der Waals surface area (Å²) in [6, 6.07) is 14.6. The summed E-state index contributed by atoms with van der Waals surface area (Å²) in [7, 11) is 0. The number of benzene rings is 2. The summed E-state index contributed by atoms with van der Waals surface area (Å²) >= 11 is 0. The quantitative estimate of drug-likeness (QED) is 0.636. The number of ether oxygens (including phenoxy) is 1. The Kier molecular flexibility index (Phi) is 6.30. The van der Waals surface area contributed by atoms with Crippen molar-refractivity contribution < 1.29 is 9.53 Å². The number of piperazine rings is 1. The summed E-state index contributed by atoms with van der Waals surface area (Å²) in [5.41, 5.74) is 4.79. The standard InChI is InChI=1S/C28H31N3O2/c1-20-21(8-9-26-27(20)19-33-28(26)32)10-12-30-14-16-31(17-15-30)13-11-22-6-7-23(18-29)25-5-3-2-4-24(22)25/h2-9,26-27H,10-17,19H2,1H3. The molecule has 5 rings (SSSR count). The number of nitrogens with zero attached hydrogens (tertiary/aromatic N) is 3. The number of carbonyl (C=O) groups is 1. The van der Waals surface area contributed by atoms with Gasteiger partial charge in [0.1, 0.15) is 0 Å². The second-order valence-electron chi connectivity index (χ2n) is 9.44. The van der Waals surface area contributed by atoms with E-state index < -0.39 is 0 Å². The van der Waals surface area contributed by atoms with Crippen LogP contribution in [-0.4, -0.2) is 61.6 Å². The van der Waals surface area contributed by atoms with Crippen molar-refractivity contribution in [3.63, 3.8) is 0 Å². The van der Waals surface area contributed by atoms with Gasteiger partial charge in [-0.05, 0) is 47.7 Å². The van der Waals surface area contributed by atoms with Crippen molar-refractivity contribution in [3.05, 3.63) is 70.8 Å². The van der Waals surface area contributed by atoms with E-state index in [9.17, 15) is 10.1 Å². The highest BCUT2D eigenvalue weighted by atomic mass is 16.5. The predicted molar refractivity (Wildman–Crippen MR) is 130 cm³/mol. The predicted octanol–water partition coefficient (Wildman–Crippen LogP) is 3.94. The second-order valence-corrected chi connectivity index (χ2v) is 9.44. The lowest BCUT2D eigenvalue weighted by Gasteiger charge is -2.35. The molecule has 33 heavy (non-hydrogen) atoms. The minimum atomic E-state index is -0.0697. The van der Waals surface area contributed by atoms with E-state index in [-0.39, 0.29) is 17.8 Å². The number of allylic oxidation sites excluding steroid dienone is 1. The molecule has 2 aliphatic heterocycles. The molecular weight excluding hydrogens is 410 g/mol. The van der Waals surface area contributed by atoms with Crippen LogP contribution in [0, 0.1) is 23.2 Å². The molecule has 0 spiro atoms. The number of carbonyl (C=O) groups excluding carboxylic acids is 1. The van der Waals surface area contributed by atoms with Crippen LogP contribution in [-0.2, 0) is 16.0 Å². The molecule has 2 heterocycles. The van der Waals surface area contributed by atoms with Gasteiger partial charge in [0.2, 0.25) is 0 Å². The van der Waals surface area contributed by atoms with E-state index >= 15 is 0 Å². The first-order chi connectivity index (χ1) is 16.1. The second kappa shape index (κ2) is 9.51. The molecule has 2 saturated heterocycles. The lowest BCUT2D eigenvalue weighted by atomic mass is 9.81. The van der Waals surface area contributed by atoms with E-state index in [2.05, 4.69) is 47.1 Å². The molecule has 1 aliphatic carbocycles. The van der Waals surface area contributed by atoms with Crippen molar-refractivity contribution in [3.8, 4) is 6.07 Å². The molecule has 3 aliphatic rings. The Bertz CT molecular complexity index is 1150. The van der Waals surface area contributed by atoms with Gasteiger partial charge in [-0.2, -0.15) is 5.26 Å². The molecule has 5 nitrogen and oxygen atoms in total. The average Bonchev–Trinajstić information content (AvgIpc) is 3.24. The van der Waals surface area contributed by atoms with Crippen molar-refractivity contribution >= 4 is 16.7 Å². The molecule has 2 atom stereocenters. The first-order valence-corrected chi connectivity index (χ1v) is 12.0. The van der Waals surface area contributed by atoms with Gasteiger partial charge in [-0.3, -0.25) is 4.79 Å². The largest absolute Gasteiger partial charge is 0.465 e. The summed E-state index contributed by atoms with van der Waals surface area (Å²) in [4.78, 5) is 16.9. The minimum absolute atomic E-state index is 0.0643. The molecule has 2 aromatic rings. The van der Waals surface area contributed by atoms with E-state index in [1.165, 1.54) is 22.1 Å².